The number of nitrogens with two attached hydrogens (primary N) is 1. The molecule has 0 atom stereocenters. The Hall–Kier alpha value is -2.07. The van der Waals surface area contributed by atoms with Gasteiger partial charge < -0.3 is 14.7 Å². The highest BCUT2D eigenvalue weighted by molar-refractivity contribution is 5.81. The minimum atomic E-state index is 0.544. The average Bonchev–Trinajstić information content (AvgIpc) is 3.03. The van der Waals surface area contributed by atoms with E-state index in [9.17, 15) is 0 Å². The molecule has 0 aliphatic rings. The Labute approximate surface area is 111 Å². The van der Waals surface area contributed by atoms with Crippen LogP contribution in [-0.4, -0.2) is 9.55 Å². The van der Waals surface area contributed by atoms with Gasteiger partial charge in [0.2, 0.25) is 0 Å². The van der Waals surface area contributed by atoms with Gasteiger partial charge in [0.15, 0.2) is 0 Å². The normalized spacial score (nSPS) is 11.3. The van der Waals surface area contributed by atoms with Gasteiger partial charge in [-0.1, -0.05) is 13.0 Å². The third-order valence-electron chi connectivity index (χ3n) is 3.49. The first kappa shape index (κ1) is 12.0. The summed E-state index contributed by atoms with van der Waals surface area (Å²) in [6.45, 7) is 2.62. The summed E-state index contributed by atoms with van der Waals surface area (Å²) < 4.78 is 7.59. The van der Waals surface area contributed by atoms with Gasteiger partial charge >= 0.3 is 0 Å². The third kappa shape index (κ3) is 1.85. The molecule has 19 heavy (non-hydrogen) atoms. The maximum atomic E-state index is 5.69. The van der Waals surface area contributed by atoms with Crippen molar-refractivity contribution >= 4 is 11.0 Å². The lowest BCUT2D eigenvalue weighted by atomic mass is 10.2. The number of aromatic nitrogens is 2. The minimum absolute atomic E-state index is 0.544. The fraction of sp³-hybridized carbons (Fsp3) is 0.267. The monoisotopic (exact) mass is 255 g/mol. The van der Waals surface area contributed by atoms with Crippen LogP contribution in [0.25, 0.3) is 22.4 Å². The van der Waals surface area contributed by atoms with Crippen LogP contribution >= 0.6 is 0 Å². The molecule has 2 heterocycles. The zero-order chi connectivity index (χ0) is 13.4. The highest BCUT2D eigenvalue weighted by Crippen LogP contribution is 2.28. The van der Waals surface area contributed by atoms with Crippen LogP contribution in [0, 0.1) is 0 Å². The van der Waals surface area contributed by atoms with Crippen molar-refractivity contribution < 1.29 is 4.42 Å². The first-order valence-corrected chi connectivity index (χ1v) is 6.46. The van der Waals surface area contributed by atoms with Crippen molar-refractivity contribution in [2.24, 2.45) is 12.8 Å². The van der Waals surface area contributed by atoms with Crippen LogP contribution in [0.3, 0.4) is 0 Å². The van der Waals surface area contributed by atoms with E-state index in [0.29, 0.717) is 6.54 Å². The van der Waals surface area contributed by atoms with Gasteiger partial charge in [0.1, 0.15) is 11.6 Å². The zero-order valence-corrected chi connectivity index (χ0v) is 11.2. The maximum Gasteiger partial charge on any atom is 0.144 e. The highest BCUT2D eigenvalue weighted by atomic mass is 16.3. The van der Waals surface area contributed by atoms with Gasteiger partial charge in [0.05, 0.1) is 22.9 Å². The van der Waals surface area contributed by atoms with Crippen molar-refractivity contribution in [1.29, 1.82) is 0 Å². The minimum Gasteiger partial charge on any atom is -0.469 e. The van der Waals surface area contributed by atoms with E-state index < -0.39 is 0 Å². The molecule has 0 saturated carbocycles. The van der Waals surface area contributed by atoms with Crippen molar-refractivity contribution in [2.45, 2.75) is 19.9 Å². The van der Waals surface area contributed by atoms with Crippen molar-refractivity contribution in [3.63, 3.8) is 0 Å². The summed E-state index contributed by atoms with van der Waals surface area (Å²) in [6, 6.07) is 8.11. The summed E-state index contributed by atoms with van der Waals surface area (Å²) in [5.41, 5.74) is 9.96. The van der Waals surface area contributed by atoms with Crippen molar-refractivity contribution in [3.8, 4) is 11.4 Å². The first-order valence-electron chi connectivity index (χ1n) is 6.46. The quantitative estimate of drug-likeness (QED) is 0.783. The summed E-state index contributed by atoms with van der Waals surface area (Å²) in [6.07, 6.45) is 2.58. The molecule has 0 spiro atoms. The second-order valence-corrected chi connectivity index (χ2v) is 4.63. The second-order valence-electron chi connectivity index (χ2n) is 4.63. The number of benzene rings is 1. The molecule has 0 unspecified atom stereocenters. The lowest BCUT2D eigenvalue weighted by Crippen LogP contribution is -1.97. The Morgan fingerprint density at radius 1 is 1.32 bits per heavy atom. The van der Waals surface area contributed by atoms with Crippen molar-refractivity contribution in [3.05, 3.63) is 41.9 Å². The number of aryl methyl sites for hydroxylation is 2. The van der Waals surface area contributed by atoms with Gasteiger partial charge in [0.25, 0.3) is 0 Å². The number of nitrogens with zero attached hydrogens (tertiary/aromatic N) is 2. The molecule has 1 aromatic carbocycles. The van der Waals surface area contributed by atoms with Crippen LogP contribution in [0.4, 0.5) is 0 Å². The lowest BCUT2D eigenvalue weighted by Gasteiger charge is -2.02. The van der Waals surface area contributed by atoms with Gasteiger partial charge in [-0.3, -0.25) is 0 Å². The Kier molecular flexibility index (Phi) is 2.87. The molecule has 0 bridgehead atoms. The van der Waals surface area contributed by atoms with Crippen LogP contribution in [0.2, 0.25) is 0 Å². The second kappa shape index (κ2) is 4.55. The standard InChI is InChI=1S/C15H17N3O/c1-3-14-11(6-7-19-14)15-17-12-5-4-10(9-16)8-13(12)18(15)2/h4-8H,3,9,16H2,1-2H3. The maximum absolute atomic E-state index is 5.69. The number of furan rings is 1. The molecule has 3 rings (SSSR count). The molecular weight excluding hydrogens is 238 g/mol. The Balaban J connectivity index is 2.22. The van der Waals surface area contributed by atoms with Crippen LogP contribution in [0.5, 0.6) is 0 Å². The third-order valence-corrected chi connectivity index (χ3v) is 3.49. The first-order chi connectivity index (χ1) is 9.24. The molecule has 0 aliphatic heterocycles. The fourth-order valence-corrected chi connectivity index (χ4v) is 2.42. The van der Waals surface area contributed by atoms with Crippen LogP contribution in [-0.2, 0) is 20.0 Å². The lowest BCUT2D eigenvalue weighted by molar-refractivity contribution is 0.517. The predicted molar refractivity (Wildman–Crippen MR) is 75.7 cm³/mol. The number of imidazole rings is 1. The molecule has 98 valence electrons. The van der Waals surface area contributed by atoms with Crippen molar-refractivity contribution in [1.82, 2.24) is 9.55 Å². The van der Waals surface area contributed by atoms with E-state index in [1.54, 1.807) is 6.26 Å². The predicted octanol–water partition coefficient (Wildman–Crippen LogP) is 2.85. The van der Waals surface area contributed by atoms with E-state index in [1.807, 2.05) is 25.2 Å². The summed E-state index contributed by atoms with van der Waals surface area (Å²) in [7, 11) is 2.03. The van der Waals surface area contributed by atoms with E-state index in [2.05, 4.69) is 17.6 Å². The van der Waals surface area contributed by atoms with E-state index in [1.165, 1.54) is 0 Å². The molecule has 0 fully saturated rings. The molecule has 0 aliphatic carbocycles. The molecule has 3 aromatic rings. The summed E-state index contributed by atoms with van der Waals surface area (Å²) in [5.74, 6) is 1.91. The van der Waals surface area contributed by atoms with Gasteiger partial charge in [0, 0.05) is 20.0 Å². The highest BCUT2D eigenvalue weighted by Gasteiger charge is 2.14. The zero-order valence-electron chi connectivity index (χ0n) is 11.2. The molecule has 0 amide bonds. The van der Waals surface area contributed by atoms with E-state index >= 15 is 0 Å². The van der Waals surface area contributed by atoms with E-state index in [-0.39, 0.29) is 0 Å². The fourth-order valence-electron chi connectivity index (χ4n) is 2.42. The Bertz CT molecular complexity index is 724. The number of rotatable bonds is 3. The topological polar surface area (TPSA) is 57.0 Å². The molecule has 2 N–H and O–H groups in total. The molecule has 4 heteroatoms. The number of hydrogen-bond donors (Lipinski definition) is 1. The summed E-state index contributed by atoms with van der Waals surface area (Å²) in [5, 5.41) is 0. The molecular formula is C15H17N3O. The van der Waals surface area contributed by atoms with Gasteiger partial charge in [-0.25, -0.2) is 4.98 Å². The molecule has 2 aromatic heterocycles. The Morgan fingerprint density at radius 2 is 2.16 bits per heavy atom. The van der Waals surface area contributed by atoms with Crippen molar-refractivity contribution in [2.75, 3.05) is 0 Å². The molecule has 0 saturated heterocycles. The van der Waals surface area contributed by atoms with E-state index in [4.69, 9.17) is 15.1 Å². The van der Waals surface area contributed by atoms with Crippen LogP contribution < -0.4 is 5.73 Å². The van der Waals surface area contributed by atoms with Gasteiger partial charge in [-0.05, 0) is 23.8 Å². The van der Waals surface area contributed by atoms with E-state index in [0.717, 1.165) is 40.2 Å². The summed E-state index contributed by atoms with van der Waals surface area (Å²) in [4.78, 5) is 4.70. The van der Waals surface area contributed by atoms with Gasteiger partial charge in [-0.15, -0.1) is 0 Å². The molecule has 4 nitrogen and oxygen atoms in total. The smallest absolute Gasteiger partial charge is 0.144 e. The Morgan fingerprint density at radius 3 is 2.89 bits per heavy atom. The summed E-state index contributed by atoms with van der Waals surface area (Å²) >= 11 is 0. The van der Waals surface area contributed by atoms with Crippen LogP contribution in [0.1, 0.15) is 18.2 Å². The number of fused-ring (bicyclic) bond motifs is 1. The number of hydrogen-bond acceptors (Lipinski definition) is 3. The van der Waals surface area contributed by atoms with Crippen LogP contribution in [0.15, 0.2) is 34.9 Å². The van der Waals surface area contributed by atoms with Gasteiger partial charge in [-0.2, -0.15) is 0 Å². The molecule has 0 radical (unpaired) electrons. The largest absolute Gasteiger partial charge is 0.469 e. The SMILES string of the molecule is CCc1occc1-c1nc2ccc(CN)cc2n1C. The average molecular weight is 255 g/mol.